The molecule has 4 saturated heterocycles. The zero-order valence-electron chi connectivity index (χ0n) is 56.0. The van der Waals surface area contributed by atoms with Crippen LogP contribution in [-0.4, -0.2) is 194 Å². The Bertz CT molecular complexity index is 3010. The number of nitrogens with zero attached hydrogens (tertiary/aromatic N) is 10. The maximum atomic E-state index is 13.3. The molecule has 0 saturated carbocycles. The maximum Gasteiger partial charge on any atom is 0.416 e. The topological polar surface area (TPSA) is 170 Å². The highest BCUT2D eigenvalue weighted by molar-refractivity contribution is 5.96. The van der Waals surface area contributed by atoms with Gasteiger partial charge in [-0.3, -0.25) is 24.4 Å². The Morgan fingerprint density at radius 3 is 1.26 bits per heavy atom. The number of benzene rings is 2. The van der Waals surface area contributed by atoms with Crippen molar-refractivity contribution in [2.75, 3.05) is 92.7 Å². The number of aryl methyl sites for hydroxylation is 4. The molecule has 4 atom stereocenters. The van der Waals surface area contributed by atoms with E-state index in [0.29, 0.717) is 105 Å². The van der Waals surface area contributed by atoms with Gasteiger partial charge in [-0.1, -0.05) is 24.3 Å². The summed E-state index contributed by atoms with van der Waals surface area (Å²) in [5.74, 6) is -1.02. The second-order valence-corrected chi connectivity index (χ2v) is 23.9. The Kier molecular flexibility index (Phi) is 19.6. The average Bonchev–Trinajstić information content (AvgIpc) is 1.20. The van der Waals surface area contributed by atoms with Gasteiger partial charge in [-0.2, -0.15) is 26.3 Å². The Labute approximate surface area is 499 Å². The first kappa shape index (κ1) is 58.5. The number of alkyl halides is 6. The lowest BCUT2D eigenvalue weighted by Gasteiger charge is -2.52. The number of halogens is 6. The van der Waals surface area contributed by atoms with Crippen LogP contribution < -0.4 is 0 Å². The lowest BCUT2D eigenvalue weighted by atomic mass is 9.86. The van der Waals surface area contributed by atoms with Gasteiger partial charge >= 0.3 is 24.4 Å². The summed E-state index contributed by atoms with van der Waals surface area (Å²) in [5.41, 5.74) is 1.99. The number of carbonyl (C=O) groups excluding carboxylic acids is 2. The van der Waals surface area contributed by atoms with Gasteiger partial charge in [0, 0.05) is 103 Å². The van der Waals surface area contributed by atoms with Crippen LogP contribution in [0.2, 0.25) is 0 Å². The summed E-state index contributed by atoms with van der Waals surface area (Å²) in [6.07, 6.45) is -3.20. The number of amides is 2. The summed E-state index contributed by atoms with van der Waals surface area (Å²) in [4.78, 5) is 64.9. The Hall–Kier alpha value is -5.85. The molecule has 1 N–H and O–H groups in total. The van der Waals surface area contributed by atoms with E-state index in [9.17, 15) is 40.7 Å². The smallest absolute Gasteiger partial charge is 0.416 e. The molecule has 0 spiro atoms. The molecule has 464 valence electrons. The number of carboxylic acids is 1. The van der Waals surface area contributed by atoms with Crippen LogP contribution in [0.4, 0.5) is 31.1 Å². The normalized spacial score (nSPS) is 22.2. The SMILES string of the molecule is Cc1ncnc(C)c1C(=O)O.[2H]C([2H])([2H])OC[C@@H](c1ccc(C(F)(F)F)cc1)N1CCN(C2(C)CCN(C(=O)OC(C)(C)C)CC2)C[C@@H]1C.[2H]C([2H])([2H])OC[C@@H](c1ccc(C(F)(F)F)cc1)N1CCN(C2(C)CCN(C(=O)c3c(C)ncnc3C)CC2)C[C@@H]1C. The maximum absolute atomic E-state index is 13.3. The van der Waals surface area contributed by atoms with Gasteiger partial charge in [0.1, 0.15) is 23.8 Å². The number of hydrogen-bond donors (Lipinski definition) is 1. The molecule has 0 aliphatic carbocycles. The van der Waals surface area contributed by atoms with E-state index in [1.807, 2.05) is 53.4 Å². The van der Waals surface area contributed by atoms with Crippen molar-refractivity contribution in [3.8, 4) is 0 Å². The first-order valence-corrected chi connectivity index (χ1v) is 28.3. The van der Waals surface area contributed by atoms with Crippen LogP contribution in [0.1, 0.15) is 160 Å². The van der Waals surface area contributed by atoms with E-state index in [0.717, 1.165) is 49.9 Å². The molecule has 84 heavy (non-hydrogen) atoms. The minimum Gasteiger partial charge on any atom is -0.478 e. The molecule has 8 rings (SSSR count). The third-order valence-electron chi connectivity index (χ3n) is 16.9. The monoisotopic (exact) mass is 1190 g/mol. The highest BCUT2D eigenvalue weighted by Crippen LogP contribution is 2.38. The number of methoxy groups -OCH3 is 2. The van der Waals surface area contributed by atoms with Gasteiger partial charge in [0.2, 0.25) is 0 Å². The molecule has 0 bridgehead atoms. The van der Waals surface area contributed by atoms with E-state index in [1.165, 1.54) is 36.9 Å². The first-order chi connectivity index (χ1) is 41.6. The van der Waals surface area contributed by atoms with Crippen molar-refractivity contribution in [3.05, 3.63) is 117 Å². The minimum atomic E-state index is -4.45. The molecule has 4 fully saturated rings. The largest absolute Gasteiger partial charge is 0.478 e. The predicted octanol–water partition coefficient (Wildman–Crippen LogP) is 10.5. The highest BCUT2D eigenvalue weighted by Gasteiger charge is 2.44. The number of hydrogen-bond acceptors (Lipinski definition) is 14. The molecular formula is C61H86F6N10O7. The van der Waals surface area contributed by atoms with Crippen molar-refractivity contribution in [2.45, 2.75) is 155 Å². The minimum absolute atomic E-state index is 0.00282. The summed E-state index contributed by atoms with van der Waals surface area (Å²) >= 11 is 0. The summed E-state index contributed by atoms with van der Waals surface area (Å²) in [7, 11) is -5.22. The Morgan fingerprint density at radius 1 is 0.595 bits per heavy atom. The third kappa shape index (κ3) is 17.0. The van der Waals surface area contributed by atoms with E-state index in [4.69, 9.17) is 27.5 Å². The summed E-state index contributed by atoms with van der Waals surface area (Å²) < 4.78 is 139. The number of aromatic carboxylic acids is 1. The Balaban J connectivity index is 0.000000245. The van der Waals surface area contributed by atoms with Crippen molar-refractivity contribution in [1.82, 2.24) is 49.3 Å². The predicted molar refractivity (Wildman–Crippen MR) is 307 cm³/mol. The van der Waals surface area contributed by atoms with Crippen molar-refractivity contribution >= 4 is 18.0 Å². The lowest BCUT2D eigenvalue weighted by Crippen LogP contribution is -2.62. The van der Waals surface area contributed by atoms with Crippen LogP contribution in [-0.2, 0) is 26.6 Å². The van der Waals surface area contributed by atoms with Crippen LogP contribution >= 0.6 is 0 Å². The zero-order chi connectivity index (χ0) is 67.1. The second-order valence-electron chi connectivity index (χ2n) is 23.9. The molecule has 2 aromatic carbocycles. The molecule has 17 nitrogen and oxygen atoms in total. The molecular weight excluding hydrogens is 1100 g/mol. The van der Waals surface area contributed by atoms with Gasteiger partial charge in [-0.25, -0.2) is 29.5 Å². The van der Waals surface area contributed by atoms with Gasteiger partial charge in [-0.05, 0) is 137 Å². The average molecular weight is 1190 g/mol. The third-order valence-corrected chi connectivity index (χ3v) is 16.9. The fourth-order valence-corrected chi connectivity index (χ4v) is 11.8. The second kappa shape index (κ2) is 28.1. The molecule has 6 heterocycles. The standard InChI is InChI=1S/C28H38F3N5O2.C26H40F3N3O3.C7H8N2O2/c1-19-16-35(14-15-36(19)24(17-38-5)22-6-8-23(9-7-22)28(29,30)31)27(4)10-12-34(13-11-27)26(37)25-20(2)32-18-33-21(25)3;1-19-17-31(25(5)11-13-30(14-12-25)23(33)35-24(2,3)4)15-16-32(19)22(18-34-6)20-7-9-21(10-8-20)26(27,28)29;1-4-6(7(10)11)5(2)9-3-8-4/h6-9,18-19,24H,10-17H2,1-5H3;7-10,19,22H,11-18H2,1-6H3;3H,1-2H3,(H,10,11)/t19-,24-;19-,22-;/m00./s1/i5D3;6D3;. The van der Waals surface area contributed by atoms with Gasteiger partial charge < -0.3 is 29.1 Å². The van der Waals surface area contributed by atoms with E-state index < -0.39 is 61.2 Å². The van der Waals surface area contributed by atoms with Crippen LogP contribution in [0.3, 0.4) is 0 Å². The number of aromatic nitrogens is 4. The lowest BCUT2D eigenvalue weighted by molar-refractivity contribution is -0.138. The van der Waals surface area contributed by atoms with E-state index in [1.54, 1.807) is 18.7 Å². The van der Waals surface area contributed by atoms with Crippen molar-refractivity contribution in [2.24, 2.45) is 0 Å². The summed E-state index contributed by atoms with van der Waals surface area (Å²) in [5, 5.41) is 8.67. The molecule has 23 heteroatoms. The zero-order valence-corrected chi connectivity index (χ0v) is 50.0. The van der Waals surface area contributed by atoms with E-state index >= 15 is 0 Å². The van der Waals surface area contributed by atoms with Gasteiger partial charge in [0.25, 0.3) is 5.91 Å². The number of carbonyl (C=O) groups is 3. The Morgan fingerprint density at radius 2 is 0.952 bits per heavy atom. The number of piperazine rings is 2. The molecule has 4 aromatic rings. The molecule has 4 aliphatic heterocycles. The molecule has 0 unspecified atom stereocenters. The van der Waals surface area contributed by atoms with Gasteiger partial charge in [-0.15, -0.1) is 0 Å². The quantitative estimate of drug-likeness (QED) is 0.133. The van der Waals surface area contributed by atoms with Gasteiger partial charge in [0.05, 0.1) is 73.0 Å². The molecule has 2 amide bonds. The molecule has 4 aliphatic rings. The van der Waals surface area contributed by atoms with Crippen molar-refractivity contribution in [1.29, 1.82) is 0 Å². The number of rotatable bonds is 12. The number of carboxylic acid groups (broad SMARTS) is 1. The van der Waals surface area contributed by atoms with Crippen LogP contribution in [0.25, 0.3) is 0 Å². The number of ether oxygens (including phenoxy) is 3. The number of likely N-dealkylation sites (tertiary alicyclic amines) is 2. The van der Waals surface area contributed by atoms with E-state index in [-0.39, 0.29) is 53.9 Å². The first-order valence-electron chi connectivity index (χ1n) is 31.3. The van der Waals surface area contributed by atoms with Crippen LogP contribution in [0, 0.1) is 27.7 Å². The molecule has 0 radical (unpaired) electrons. The van der Waals surface area contributed by atoms with E-state index in [2.05, 4.69) is 53.4 Å². The van der Waals surface area contributed by atoms with Gasteiger partial charge in [0.15, 0.2) is 0 Å². The van der Waals surface area contributed by atoms with Crippen LogP contribution in [0.5, 0.6) is 0 Å². The molecule has 2 aromatic heterocycles. The van der Waals surface area contributed by atoms with Crippen LogP contribution in [0.15, 0.2) is 61.2 Å². The fourth-order valence-electron chi connectivity index (χ4n) is 11.8. The number of piperidine rings is 2. The fraction of sp³-hybridized carbons (Fsp3) is 0.623. The summed E-state index contributed by atoms with van der Waals surface area (Å²) in [6.45, 7) is 27.1. The van der Waals surface area contributed by atoms with Crippen molar-refractivity contribution in [3.63, 3.8) is 0 Å². The highest BCUT2D eigenvalue weighted by atomic mass is 19.4. The van der Waals surface area contributed by atoms with Crippen molar-refractivity contribution < 1.29 is 68.3 Å². The summed E-state index contributed by atoms with van der Waals surface area (Å²) in [6, 6.07) is 8.70.